The molecule has 4 heterocycles. The Morgan fingerprint density at radius 2 is 2.27 bits per heavy atom. The molecule has 132 valence electrons. The van der Waals surface area contributed by atoms with Crippen molar-refractivity contribution in [2.45, 2.75) is 12.5 Å². The van der Waals surface area contributed by atoms with Crippen molar-refractivity contribution in [3.8, 4) is 17.5 Å². The third-order valence-electron chi connectivity index (χ3n) is 4.91. The Kier molecular flexibility index (Phi) is 3.84. The second-order valence-corrected chi connectivity index (χ2v) is 6.65. The second kappa shape index (κ2) is 6.19. The first kappa shape index (κ1) is 16.1. The molecule has 1 fully saturated rings. The van der Waals surface area contributed by atoms with E-state index in [1.165, 1.54) is 0 Å². The molecule has 1 saturated heterocycles. The van der Waals surface area contributed by atoms with E-state index < -0.39 is 0 Å². The zero-order valence-electron chi connectivity index (χ0n) is 14.7. The monoisotopic (exact) mass is 349 g/mol. The summed E-state index contributed by atoms with van der Waals surface area (Å²) in [6.07, 6.45) is 8.36. The van der Waals surface area contributed by atoms with E-state index in [0.717, 1.165) is 28.6 Å². The molecule has 26 heavy (non-hydrogen) atoms. The molecule has 0 unspecified atom stereocenters. The predicted molar refractivity (Wildman–Crippen MR) is 96.0 cm³/mol. The number of H-pyrrole nitrogens is 1. The van der Waals surface area contributed by atoms with Crippen molar-refractivity contribution in [3.63, 3.8) is 0 Å². The fraction of sp³-hybridized carbons (Fsp3) is 0.333. The van der Waals surface area contributed by atoms with Crippen LogP contribution in [0.3, 0.4) is 0 Å². The van der Waals surface area contributed by atoms with E-state index >= 15 is 0 Å². The van der Waals surface area contributed by atoms with E-state index in [2.05, 4.69) is 21.3 Å². The third-order valence-corrected chi connectivity index (χ3v) is 4.91. The summed E-state index contributed by atoms with van der Waals surface area (Å²) < 4.78 is 1.73. The molecule has 0 spiro atoms. The molecule has 0 saturated carbocycles. The molecule has 1 amide bonds. The predicted octanol–water partition coefficient (Wildman–Crippen LogP) is 1.59. The fourth-order valence-electron chi connectivity index (χ4n) is 3.36. The number of aryl methyl sites for hydroxylation is 1. The SMILES string of the molecule is CN(C(=O)c1cc2cc(-c3cnn(C)c3)ncc2[nH]1)[C@@H]1CCN(C#N)C1. The van der Waals surface area contributed by atoms with Crippen LogP contribution in [-0.4, -0.2) is 61.6 Å². The van der Waals surface area contributed by atoms with Crippen molar-refractivity contribution in [3.05, 3.63) is 36.4 Å². The summed E-state index contributed by atoms with van der Waals surface area (Å²) in [5, 5.41) is 14.1. The summed E-state index contributed by atoms with van der Waals surface area (Å²) in [5.41, 5.74) is 3.10. The number of hydrogen-bond donors (Lipinski definition) is 1. The van der Waals surface area contributed by atoms with E-state index in [4.69, 9.17) is 5.26 Å². The van der Waals surface area contributed by atoms with Gasteiger partial charge in [0.1, 0.15) is 5.69 Å². The summed E-state index contributed by atoms with van der Waals surface area (Å²) in [6, 6.07) is 3.86. The minimum absolute atomic E-state index is 0.0534. The van der Waals surface area contributed by atoms with Gasteiger partial charge in [-0.3, -0.25) is 14.5 Å². The number of nitriles is 1. The van der Waals surface area contributed by atoms with Crippen LogP contribution in [0, 0.1) is 11.5 Å². The normalized spacial score (nSPS) is 16.8. The molecule has 0 radical (unpaired) electrons. The first-order chi connectivity index (χ1) is 12.5. The van der Waals surface area contributed by atoms with Crippen molar-refractivity contribution in [2.75, 3.05) is 20.1 Å². The van der Waals surface area contributed by atoms with Gasteiger partial charge in [0.15, 0.2) is 6.19 Å². The van der Waals surface area contributed by atoms with Gasteiger partial charge in [0.25, 0.3) is 5.91 Å². The van der Waals surface area contributed by atoms with Gasteiger partial charge in [0.05, 0.1) is 29.6 Å². The van der Waals surface area contributed by atoms with Crippen molar-refractivity contribution in [1.29, 1.82) is 5.26 Å². The maximum atomic E-state index is 12.8. The quantitative estimate of drug-likeness (QED) is 0.725. The summed E-state index contributed by atoms with van der Waals surface area (Å²) in [7, 11) is 3.65. The van der Waals surface area contributed by atoms with E-state index in [9.17, 15) is 4.79 Å². The topological polar surface area (TPSA) is 93.8 Å². The van der Waals surface area contributed by atoms with Crippen molar-refractivity contribution >= 4 is 16.8 Å². The van der Waals surface area contributed by atoms with Crippen LogP contribution in [0.25, 0.3) is 22.2 Å². The Hall–Kier alpha value is -3.34. The number of likely N-dealkylation sites (N-methyl/N-ethyl adjacent to an activating group) is 1. The van der Waals surface area contributed by atoms with E-state index in [0.29, 0.717) is 18.8 Å². The number of carbonyl (C=O) groups excluding carboxylic acids is 1. The van der Waals surface area contributed by atoms with Crippen LogP contribution >= 0.6 is 0 Å². The number of pyridine rings is 1. The number of hydrogen-bond acceptors (Lipinski definition) is 5. The number of aromatic nitrogens is 4. The highest BCUT2D eigenvalue weighted by Gasteiger charge is 2.29. The highest BCUT2D eigenvalue weighted by atomic mass is 16.2. The highest BCUT2D eigenvalue weighted by molar-refractivity contribution is 5.98. The Morgan fingerprint density at radius 3 is 2.96 bits per heavy atom. The summed E-state index contributed by atoms with van der Waals surface area (Å²) in [4.78, 5) is 23.8. The van der Waals surface area contributed by atoms with Crippen LogP contribution in [0.1, 0.15) is 16.9 Å². The molecular weight excluding hydrogens is 330 g/mol. The van der Waals surface area contributed by atoms with Crippen LogP contribution in [0.4, 0.5) is 0 Å². The number of aromatic amines is 1. The zero-order chi connectivity index (χ0) is 18.3. The van der Waals surface area contributed by atoms with Crippen molar-refractivity contribution < 1.29 is 4.79 Å². The standard InChI is InChI=1S/C18H19N7O/c1-23-9-13(7-21-23)15-5-12-6-16(22-17(12)8-20-15)18(26)24(2)14-3-4-25(10-14)11-19/h5-9,14,22H,3-4,10H2,1-2H3/t14-/m1/s1. The summed E-state index contributed by atoms with van der Waals surface area (Å²) >= 11 is 0. The lowest BCUT2D eigenvalue weighted by atomic mass is 10.2. The van der Waals surface area contributed by atoms with Crippen LogP contribution < -0.4 is 0 Å². The lowest BCUT2D eigenvalue weighted by molar-refractivity contribution is 0.0734. The average Bonchev–Trinajstić information content (AvgIpc) is 3.38. The summed E-state index contributed by atoms with van der Waals surface area (Å²) in [6.45, 7) is 1.29. The van der Waals surface area contributed by atoms with Gasteiger partial charge < -0.3 is 14.8 Å². The van der Waals surface area contributed by atoms with Gasteiger partial charge in [-0.25, -0.2) is 0 Å². The number of amides is 1. The molecule has 1 aliphatic heterocycles. The van der Waals surface area contributed by atoms with Crippen molar-refractivity contribution in [1.82, 2.24) is 29.5 Å². The summed E-state index contributed by atoms with van der Waals surface area (Å²) in [5.74, 6) is -0.0751. The lowest BCUT2D eigenvalue weighted by Gasteiger charge is -2.23. The minimum Gasteiger partial charge on any atom is -0.349 e. The first-order valence-electron chi connectivity index (χ1n) is 8.45. The van der Waals surface area contributed by atoms with E-state index in [1.54, 1.807) is 33.9 Å². The molecule has 1 atom stereocenters. The number of nitrogens with zero attached hydrogens (tertiary/aromatic N) is 6. The highest BCUT2D eigenvalue weighted by Crippen LogP contribution is 2.23. The number of likely N-dealkylation sites (tertiary alicyclic amines) is 1. The number of rotatable bonds is 3. The minimum atomic E-state index is -0.0751. The van der Waals surface area contributed by atoms with Crippen molar-refractivity contribution in [2.24, 2.45) is 7.05 Å². The van der Waals surface area contributed by atoms with E-state index in [-0.39, 0.29) is 11.9 Å². The Labute approximate surface area is 150 Å². The molecule has 3 aromatic heterocycles. The Morgan fingerprint density at radius 1 is 1.42 bits per heavy atom. The molecule has 8 heteroatoms. The van der Waals surface area contributed by atoms with Crippen LogP contribution in [0.15, 0.2) is 30.7 Å². The first-order valence-corrected chi connectivity index (χ1v) is 8.45. The van der Waals surface area contributed by atoms with Gasteiger partial charge in [-0.05, 0) is 18.6 Å². The zero-order valence-corrected chi connectivity index (χ0v) is 14.7. The molecule has 0 aromatic carbocycles. The smallest absolute Gasteiger partial charge is 0.270 e. The Balaban J connectivity index is 1.59. The third kappa shape index (κ3) is 2.77. The number of fused-ring (bicyclic) bond motifs is 1. The maximum Gasteiger partial charge on any atom is 0.270 e. The van der Waals surface area contributed by atoms with Gasteiger partial charge in [0, 0.05) is 44.3 Å². The molecule has 3 aromatic rings. The Bertz CT molecular complexity index is 1010. The van der Waals surface area contributed by atoms with Crippen LogP contribution in [0.2, 0.25) is 0 Å². The average molecular weight is 349 g/mol. The van der Waals surface area contributed by atoms with E-state index in [1.807, 2.05) is 25.4 Å². The van der Waals surface area contributed by atoms with Crippen LogP contribution in [0.5, 0.6) is 0 Å². The van der Waals surface area contributed by atoms with Gasteiger partial charge in [0.2, 0.25) is 0 Å². The maximum absolute atomic E-state index is 12.8. The molecular formula is C18H19N7O. The van der Waals surface area contributed by atoms with Gasteiger partial charge in [-0.2, -0.15) is 10.4 Å². The molecule has 8 nitrogen and oxygen atoms in total. The largest absolute Gasteiger partial charge is 0.349 e. The van der Waals surface area contributed by atoms with Crippen LogP contribution in [-0.2, 0) is 7.05 Å². The van der Waals surface area contributed by atoms with Gasteiger partial charge >= 0.3 is 0 Å². The van der Waals surface area contributed by atoms with Gasteiger partial charge in [-0.1, -0.05) is 0 Å². The fourth-order valence-corrected chi connectivity index (χ4v) is 3.36. The molecule has 0 bridgehead atoms. The second-order valence-electron chi connectivity index (χ2n) is 6.65. The number of carbonyl (C=O) groups is 1. The molecule has 1 aliphatic rings. The molecule has 0 aliphatic carbocycles. The molecule has 1 N–H and O–H groups in total. The molecule has 4 rings (SSSR count). The lowest BCUT2D eigenvalue weighted by Crippen LogP contribution is -2.38. The number of nitrogens with one attached hydrogen (secondary N) is 1. The van der Waals surface area contributed by atoms with Gasteiger partial charge in [-0.15, -0.1) is 0 Å².